The summed E-state index contributed by atoms with van der Waals surface area (Å²) < 4.78 is 23.9. The van der Waals surface area contributed by atoms with Crippen LogP contribution in [0.3, 0.4) is 0 Å². The normalized spacial score (nSPS) is 23.0. The van der Waals surface area contributed by atoms with Crippen molar-refractivity contribution in [2.24, 2.45) is 5.92 Å². The molecule has 2 fully saturated rings. The summed E-state index contributed by atoms with van der Waals surface area (Å²) in [6, 6.07) is 5.42. The number of esters is 1. The second-order valence-electron chi connectivity index (χ2n) is 7.74. The number of amides is 2. The predicted molar refractivity (Wildman–Crippen MR) is 103 cm³/mol. The number of rotatable bonds is 4. The van der Waals surface area contributed by atoms with Gasteiger partial charge in [-0.3, -0.25) is 14.4 Å². The van der Waals surface area contributed by atoms with Crippen molar-refractivity contribution >= 4 is 17.8 Å². The van der Waals surface area contributed by atoms with Crippen LogP contribution in [0.25, 0.3) is 0 Å². The number of benzene rings is 1. The number of carbonyl (C=O) groups excluding carboxylic acids is 3. The van der Waals surface area contributed by atoms with E-state index in [0.717, 1.165) is 0 Å². The first-order valence-electron chi connectivity index (χ1n) is 9.98. The number of piperidine rings is 1. The monoisotopic (exact) mass is 406 g/mol. The zero-order valence-electron chi connectivity index (χ0n) is 16.8. The van der Waals surface area contributed by atoms with Gasteiger partial charge in [0, 0.05) is 31.7 Å². The van der Waals surface area contributed by atoms with Crippen molar-refractivity contribution < 1.29 is 28.2 Å². The predicted octanol–water partition coefficient (Wildman–Crippen LogP) is 1.86. The Balaban J connectivity index is 1.43. The fourth-order valence-corrected chi connectivity index (χ4v) is 3.82. The highest BCUT2D eigenvalue weighted by molar-refractivity contribution is 5.94. The average molecular weight is 406 g/mol. The third-order valence-electron chi connectivity index (χ3n) is 5.32. The van der Waals surface area contributed by atoms with E-state index < -0.39 is 11.8 Å². The highest BCUT2D eigenvalue weighted by Crippen LogP contribution is 2.21. The topological polar surface area (TPSA) is 76.2 Å². The van der Waals surface area contributed by atoms with Crippen molar-refractivity contribution in [3.63, 3.8) is 0 Å². The van der Waals surface area contributed by atoms with Gasteiger partial charge in [0.05, 0.1) is 18.1 Å². The Morgan fingerprint density at radius 1 is 1.03 bits per heavy atom. The molecule has 3 rings (SSSR count). The first-order chi connectivity index (χ1) is 13.8. The van der Waals surface area contributed by atoms with Gasteiger partial charge >= 0.3 is 5.97 Å². The van der Waals surface area contributed by atoms with Gasteiger partial charge in [-0.25, -0.2) is 4.39 Å². The molecule has 7 nitrogen and oxygen atoms in total. The Kier molecular flexibility index (Phi) is 6.84. The molecule has 2 saturated heterocycles. The van der Waals surface area contributed by atoms with Crippen LogP contribution in [0.1, 0.15) is 37.0 Å². The van der Waals surface area contributed by atoms with E-state index in [2.05, 4.69) is 0 Å². The smallest absolute Gasteiger partial charge is 0.309 e. The maximum Gasteiger partial charge on any atom is 0.309 e. The largest absolute Gasteiger partial charge is 0.455 e. The van der Waals surface area contributed by atoms with E-state index in [1.54, 1.807) is 9.80 Å². The van der Waals surface area contributed by atoms with E-state index in [1.165, 1.54) is 24.3 Å². The van der Waals surface area contributed by atoms with Crippen molar-refractivity contribution in [3.8, 4) is 0 Å². The van der Waals surface area contributed by atoms with E-state index in [-0.39, 0.29) is 36.5 Å². The molecule has 158 valence electrons. The lowest BCUT2D eigenvalue weighted by Gasteiger charge is -2.35. The Hall–Kier alpha value is -2.48. The van der Waals surface area contributed by atoms with Crippen LogP contribution in [0.2, 0.25) is 0 Å². The molecule has 2 amide bonds. The number of hydrogen-bond donors (Lipinski definition) is 0. The minimum atomic E-state index is -0.401. The second-order valence-corrected chi connectivity index (χ2v) is 7.74. The quantitative estimate of drug-likeness (QED) is 0.714. The van der Waals surface area contributed by atoms with E-state index in [0.29, 0.717) is 44.6 Å². The van der Waals surface area contributed by atoms with Crippen LogP contribution in [-0.2, 0) is 19.1 Å². The Bertz CT molecular complexity index is 736. The SMILES string of the molecule is C[C@H]1CN(C(=O)COC(=O)C2CCN(C(=O)c3ccc(F)cc3)CC2)C[C@H](C)O1. The van der Waals surface area contributed by atoms with Crippen molar-refractivity contribution in [1.82, 2.24) is 9.80 Å². The maximum atomic E-state index is 13.0. The van der Waals surface area contributed by atoms with Crippen LogP contribution >= 0.6 is 0 Å². The molecule has 0 radical (unpaired) electrons. The van der Waals surface area contributed by atoms with Gasteiger partial charge < -0.3 is 19.3 Å². The number of hydrogen-bond acceptors (Lipinski definition) is 5. The minimum absolute atomic E-state index is 0.0404. The van der Waals surface area contributed by atoms with Crippen molar-refractivity contribution in [1.29, 1.82) is 0 Å². The molecule has 29 heavy (non-hydrogen) atoms. The van der Waals surface area contributed by atoms with E-state index in [1.807, 2.05) is 13.8 Å². The fraction of sp³-hybridized carbons (Fsp3) is 0.571. The molecule has 2 atom stereocenters. The summed E-state index contributed by atoms with van der Waals surface area (Å²) in [5, 5.41) is 0. The van der Waals surface area contributed by atoms with Gasteiger partial charge in [-0.1, -0.05) is 0 Å². The lowest BCUT2D eigenvalue weighted by atomic mass is 9.96. The minimum Gasteiger partial charge on any atom is -0.455 e. The first kappa shape index (κ1) is 21.2. The van der Waals surface area contributed by atoms with Crippen LogP contribution in [-0.4, -0.2) is 72.6 Å². The van der Waals surface area contributed by atoms with Crippen LogP contribution in [0.4, 0.5) is 4.39 Å². The summed E-state index contributed by atoms with van der Waals surface area (Å²) in [7, 11) is 0. The van der Waals surface area contributed by atoms with E-state index in [9.17, 15) is 18.8 Å². The lowest BCUT2D eigenvalue weighted by Crippen LogP contribution is -2.49. The van der Waals surface area contributed by atoms with E-state index >= 15 is 0 Å². The average Bonchev–Trinajstić information content (AvgIpc) is 2.71. The van der Waals surface area contributed by atoms with Gasteiger partial charge in [0.25, 0.3) is 11.8 Å². The number of ether oxygens (including phenoxy) is 2. The number of nitrogens with zero attached hydrogens (tertiary/aromatic N) is 2. The molecular formula is C21H27FN2O5. The van der Waals surface area contributed by atoms with Gasteiger partial charge in [-0.05, 0) is 51.0 Å². The number of halogens is 1. The van der Waals surface area contributed by atoms with Crippen molar-refractivity contribution in [2.45, 2.75) is 38.9 Å². The molecule has 0 saturated carbocycles. The highest BCUT2D eigenvalue weighted by Gasteiger charge is 2.31. The summed E-state index contributed by atoms with van der Waals surface area (Å²) >= 11 is 0. The number of morpholine rings is 1. The Morgan fingerprint density at radius 2 is 1.62 bits per heavy atom. The summed E-state index contributed by atoms with van der Waals surface area (Å²) in [6.45, 7) is 5.36. The highest BCUT2D eigenvalue weighted by atomic mass is 19.1. The summed E-state index contributed by atoms with van der Waals surface area (Å²) in [4.78, 5) is 40.4. The molecule has 2 aliphatic heterocycles. The molecule has 0 aliphatic carbocycles. The molecule has 0 spiro atoms. The van der Waals surface area contributed by atoms with Crippen LogP contribution in [0, 0.1) is 11.7 Å². The molecule has 2 heterocycles. The van der Waals surface area contributed by atoms with Crippen LogP contribution in [0.5, 0.6) is 0 Å². The van der Waals surface area contributed by atoms with E-state index in [4.69, 9.17) is 9.47 Å². The van der Waals surface area contributed by atoms with Crippen molar-refractivity contribution in [2.75, 3.05) is 32.8 Å². The zero-order valence-corrected chi connectivity index (χ0v) is 16.8. The summed E-state index contributed by atoms with van der Waals surface area (Å²) in [5.41, 5.74) is 0.423. The molecule has 0 unspecified atom stereocenters. The van der Waals surface area contributed by atoms with Crippen LogP contribution < -0.4 is 0 Å². The molecular weight excluding hydrogens is 379 g/mol. The summed E-state index contributed by atoms with van der Waals surface area (Å²) in [6.07, 6.45) is 0.875. The number of carbonyl (C=O) groups is 3. The Labute approximate surface area is 169 Å². The Morgan fingerprint density at radius 3 is 2.21 bits per heavy atom. The molecule has 0 aromatic heterocycles. The van der Waals surface area contributed by atoms with Crippen molar-refractivity contribution in [3.05, 3.63) is 35.6 Å². The fourth-order valence-electron chi connectivity index (χ4n) is 3.82. The third-order valence-corrected chi connectivity index (χ3v) is 5.32. The van der Waals surface area contributed by atoms with Crippen LogP contribution in [0.15, 0.2) is 24.3 Å². The van der Waals surface area contributed by atoms with Gasteiger partial charge in [-0.15, -0.1) is 0 Å². The van der Waals surface area contributed by atoms with Gasteiger partial charge in [0.2, 0.25) is 0 Å². The molecule has 0 bridgehead atoms. The molecule has 8 heteroatoms. The first-order valence-corrected chi connectivity index (χ1v) is 9.98. The molecule has 1 aromatic carbocycles. The zero-order chi connectivity index (χ0) is 21.0. The lowest BCUT2D eigenvalue weighted by molar-refractivity contribution is -0.160. The van der Waals surface area contributed by atoms with Gasteiger partial charge in [0.15, 0.2) is 6.61 Å². The second kappa shape index (κ2) is 9.35. The maximum absolute atomic E-state index is 13.0. The van der Waals surface area contributed by atoms with Gasteiger partial charge in [0.1, 0.15) is 5.82 Å². The van der Waals surface area contributed by atoms with Gasteiger partial charge in [-0.2, -0.15) is 0 Å². The standard InChI is InChI=1S/C21H27FN2O5/c1-14-11-24(12-15(2)29-14)19(25)13-28-21(27)17-7-9-23(10-8-17)20(26)16-3-5-18(22)6-4-16/h3-6,14-15,17H,7-13H2,1-2H3/t14-,15-/m0/s1. The molecule has 0 N–H and O–H groups in total. The summed E-state index contributed by atoms with van der Waals surface area (Å²) in [5.74, 6) is -1.52. The molecule has 1 aromatic rings. The third kappa shape index (κ3) is 5.53. The number of likely N-dealkylation sites (tertiary alicyclic amines) is 1. The molecule has 2 aliphatic rings.